The first-order chi connectivity index (χ1) is 27.7. The molecule has 0 N–H and O–H groups in total. The van der Waals surface area contributed by atoms with Crippen molar-refractivity contribution >= 4 is 39.0 Å². The second-order valence-electron chi connectivity index (χ2n) is 16.0. The van der Waals surface area contributed by atoms with Crippen molar-refractivity contribution in [3.05, 3.63) is 210 Å². The lowest BCUT2D eigenvalue weighted by Crippen LogP contribution is -2.39. The fraction of sp³-hybridized carbons (Fsp3) is 0.111. The number of rotatable bonds is 4. The van der Waals surface area contributed by atoms with Crippen molar-refractivity contribution in [1.82, 2.24) is 0 Å². The number of hydrogen-bond acceptors (Lipinski definition) is 2. The van der Waals surface area contributed by atoms with Gasteiger partial charge in [-0.05, 0) is 124 Å². The molecule has 0 unspecified atom stereocenters. The Morgan fingerprint density at radius 1 is 0.375 bits per heavy atom. The van der Waals surface area contributed by atoms with Crippen molar-refractivity contribution in [2.75, 3.05) is 4.90 Å². The van der Waals surface area contributed by atoms with Crippen LogP contribution in [0.1, 0.15) is 47.9 Å². The van der Waals surface area contributed by atoms with Gasteiger partial charge in [0, 0.05) is 27.6 Å². The summed E-state index contributed by atoms with van der Waals surface area (Å²) in [4.78, 5) is 2.46. The molecule has 1 saturated carbocycles. The molecule has 0 bridgehead atoms. The quantitative estimate of drug-likeness (QED) is 0.180. The van der Waals surface area contributed by atoms with Crippen molar-refractivity contribution in [1.29, 1.82) is 0 Å². The van der Waals surface area contributed by atoms with Gasteiger partial charge in [-0.1, -0.05) is 146 Å². The number of furan rings is 1. The Bertz CT molecular complexity index is 2930. The van der Waals surface area contributed by atoms with E-state index in [-0.39, 0.29) is 10.8 Å². The SMILES string of the molecule is c1ccc(-c2ccc(N(c3ccc4c(c3)C3(CCC5(CC3)c3ccccc3-c3ccccc35)c3ccccc3-4)c3cccc4oc5ccccc5c34)cc2)cc1. The molecule has 1 heterocycles. The van der Waals surface area contributed by atoms with Gasteiger partial charge in [-0.25, -0.2) is 0 Å². The molecule has 12 rings (SSSR count). The standard InChI is InChI=1S/C54H39NO/c1-2-13-36(14-3-1)37-25-27-38(28-26-37)55(49-22-12-24-51-52(49)44-18-7-11-23-50(44)56-51)39-29-30-43-42-17-6-10-21-47(42)54(48(43)35-39)33-31-53(32-34-54)45-19-8-4-15-40(45)41-16-5-9-20-46(41)53/h1-30,35H,31-34H2. The van der Waals surface area contributed by atoms with E-state index in [2.05, 4.69) is 193 Å². The first-order valence-corrected chi connectivity index (χ1v) is 20.0. The van der Waals surface area contributed by atoms with Crippen LogP contribution in [-0.2, 0) is 10.8 Å². The van der Waals surface area contributed by atoms with Crippen LogP contribution >= 0.6 is 0 Å². The maximum atomic E-state index is 6.47. The Hall–Kier alpha value is -6.64. The fourth-order valence-corrected chi connectivity index (χ4v) is 11.0. The summed E-state index contributed by atoms with van der Waals surface area (Å²) in [6, 6.07) is 69.6. The third-order valence-electron chi connectivity index (χ3n) is 13.5. The molecule has 2 nitrogen and oxygen atoms in total. The van der Waals surface area contributed by atoms with Crippen LogP contribution in [0.5, 0.6) is 0 Å². The van der Waals surface area contributed by atoms with E-state index in [9.17, 15) is 0 Å². The zero-order valence-electron chi connectivity index (χ0n) is 31.1. The Labute approximate surface area is 327 Å². The van der Waals surface area contributed by atoms with Crippen LogP contribution in [0.2, 0.25) is 0 Å². The minimum atomic E-state index is -0.0726. The summed E-state index contributed by atoms with van der Waals surface area (Å²) >= 11 is 0. The van der Waals surface area contributed by atoms with Gasteiger partial charge in [0.15, 0.2) is 0 Å². The van der Waals surface area contributed by atoms with Gasteiger partial charge in [-0.15, -0.1) is 0 Å². The van der Waals surface area contributed by atoms with Crippen molar-refractivity contribution < 1.29 is 4.42 Å². The topological polar surface area (TPSA) is 16.4 Å². The summed E-state index contributed by atoms with van der Waals surface area (Å²) < 4.78 is 6.47. The number of nitrogens with zero attached hydrogens (tertiary/aromatic N) is 1. The van der Waals surface area contributed by atoms with Gasteiger partial charge in [0.1, 0.15) is 11.2 Å². The second-order valence-corrected chi connectivity index (χ2v) is 16.0. The molecule has 0 radical (unpaired) electrons. The smallest absolute Gasteiger partial charge is 0.137 e. The Morgan fingerprint density at radius 3 is 1.54 bits per heavy atom. The monoisotopic (exact) mass is 717 g/mol. The number of anilines is 3. The summed E-state index contributed by atoms with van der Waals surface area (Å²) in [5.74, 6) is 0. The van der Waals surface area contributed by atoms with Crippen LogP contribution < -0.4 is 4.90 Å². The minimum absolute atomic E-state index is 0.0399. The van der Waals surface area contributed by atoms with E-state index in [1.165, 1.54) is 55.6 Å². The molecule has 0 amide bonds. The largest absolute Gasteiger partial charge is 0.456 e. The van der Waals surface area contributed by atoms with Crippen LogP contribution in [-0.4, -0.2) is 0 Å². The zero-order chi connectivity index (χ0) is 36.8. The van der Waals surface area contributed by atoms with E-state index in [1.807, 2.05) is 0 Å². The summed E-state index contributed by atoms with van der Waals surface area (Å²) in [5.41, 5.74) is 19.2. The number of fused-ring (bicyclic) bond motifs is 13. The molecular weight excluding hydrogens is 679 g/mol. The van der Waals surface area contributed by atoms with Crippen molar-refractivity contribution in [2.24, 2.45) is 0 Å². The number of para-hydroxylation sites is 1. The molecule has 3 aliphatic carbocycles. The molecule has 3 aliphatic rings. The Morgan fingerprint density at radius 2 is 0.875 bits per heavy atom. The van der Waals surface area contributed by atoms with Crippen LogP contribution in [0, 0.1) is 0 Å². The van der Waals surface area contributed by atoms with Crippen LogP contribution in [0.15, 0.2) is 192 Å². The van der Waals surface area contributed by atoms with Crippen molar-refractivity contribution in [2.45, 2.75) is 36.5 Å². The molecule has 9 aromatic rings. The molecule has 8 aromatic carbocycles. The molecular formula is C54H39NO. The molecule has 266 valence electrons. The Balaban J connectivity index is 1.03. The summed E-state index contributed by atoms with van der Waals surface area (Å²) in [6.07, 6.45) is 4.42. The highest BCUT2D eigenvalue weighted by Crippen LogP contribution is 2.64. The predicted molar refractivity (Wildman–Crippen MR) is 231 cm³/mol. The van der Waals surface area contributed by atoms with E-state index < -0.39 is 0 Å². The molecule has 0 saturated heterocycles. The lowest BCUT2D eigenvalue weighted by Gasteiger charge is -2.45. The highest BCUT2D eigenvalue weighted by Gasteiger charge is 2.53. The normalized spacial score (nSPS) is 15.5. The fourth-order valence-electron chi connectivity index (χ4n) is 11.0. The molecule has 1 aromatic heterocycles. The van der Waals surface area contributed by atoms with Crippen LogP contribution in [0.4, 0.5) is 17.1 Å². The molecule has 0 atom stereocenters. The maximum Gasteiger partial charge on any atom is 0.137 e. The molecule has 2 heteroatoms. The van der Waals surface area contributed by atoms with E-state index in [0.29, 0.717) is 0 Å². The highest BCUT2D eigenvalue weighted by atomic mass is 16.3. The molecule has 0 aliphatic heterocycles. The summed E-state index contributed by atoms with van der Waals surface area (Å²) in [5, 5.41) is 2.26. The van der Waals surface area contributed by atoms with Gasteiger partial charge in [0.05, 0.1) is 11.1 Å². The molecule has 1 fully saturated rings. The third kappa shape index (κ3) is 4.38. The second kappa shape index (κ2) is 11.9. The van der Waals surface area contributed by atoms with E-state index in [4.69, 9.17) is 4.42 Å². The van der Waals surface area contributed by atoms with Crippen molar-refractivity contribution in [3.63, 3.8) is 0 Å². The van der Waals surface area contributed by atoms with Gasteiger partial charge in [-0.3, -0.25) is 0 Å². The summed E-state index contributed by atoms with van der Waals surface area (Å²) in [7, 11) is 0. The Kier molecular flexibility index (Phi) is 6.75. The van der Waals surface area contributed by atoms with E-state index in [1.54, 1.807) is 0 Å². The first-order valence-electron chi connectivity index (χ1n) is 20.0. The van der Waals surface area contributed by atoms with Gasteiger partial charge >= 0.3 is 0 Å². The third-order valence-corrected chi connectivity index (χ3v) is 13.5. The van der Waals surface area contributed by atoms with Gasteiger partial charge in [0.2, 0.25) is 0 Å². The summed E-state index contributed by atoms with van der Waals surface area (Å²) in [6.45, 7) is 0. The number of hydrogen-bond donors (Lipinski definition) is 0. The average molecular weight is 718 g/mol. The minimum Gasteiger partial charge on any atom is -0.456 e. The lowest BCUT2D eigenvalue weighted by molar-refractivity contribution is 0.265. The maximum absolute atomic E-state index is 6.47. The van der Waals surface area contributed by atoms with Crippen molar-refractivity contribution in [3.8, 4) is 33.4 Å². The zero-order valence-corrected chi connectivity index (χ0v) is 31.1. The molecule has 2 spiro atoms. The van der Waals surface area contributed by atoms with Gasteiger partial charge in [-0.2, -0.15) is 0 Å². The average Bonchev–Trinajstić information content (AvgIpc) is 3.88. The van der Waals surface area contributed by atoms with E-state index in [0.717, 1.165) is 64.7 Å². The number of benzene rings is 8. The predicted octanol–water partition coefficient (Wildman–Crippen LogP) is 14.5. The van der Waals surface area contributed by atoms with Gasteiger partial charge in [0.25, 0.3) is 0 Å². The van der Waals surface area contributed by atoms with Crippen LogP contribution in [0.3, 0.4) is 0 Å². The molecule has 56 heavy (non-hydrogen) atoms. The van der Waals surface area contributed by atoms with Crippen LogP contribution in [0.25, 0.3) is 55.3 Å². The first kappa shape index (κ1) is 31.7. The lowest BCUT2D eigenvalue weighted by atomic mass is 9.57. The highest BCUT2D eigenvalue weighted by molar-refractivity contribution is 6.13. The van der Waals surface area contributed by atoms with Gasteiger partial charge < -0.3 is 9.32 Å². The van der Waals surface area contributed by atoms with E-state index >= 15 is 0 Å².